The Morgan fingerprint density at radius 3 is 2.73 bits per heavy atom. The Morgan fingerprint density at radius 1 is 1.60 bits per heavy atom. The Balaban J connectivity index is 2.94. The quantitative estimate of drug-likeness (QED) is 0.364. The van der Waals surface area contributed by atoms with Crippen LogP contribution in [0, 0.1) is 4.91 Å². The monoisotopic (exact) mass is 229 g/mol. The van der Waals surface area contributed by atoms with Gasteiger partial charge in [-0.1, -0.05) is 16.8 Å². The number of anilines is 1. The summed E-state index contributed by atoms with van der Waals surface area (Å²) in [5.74, 6) is 0.304. The second-order valence-electron chi connectivity index (χ2n) is 2.45. The maximum atomic E-state index is 10.3. The van der Waals surface area contributed by atoms with Crippen LogP contribution in [0.4, 0.5) is 5.82 Å². The van der Waals surface area contributed by atoms with Crippen LogP contribution < -0.4 is 5.01 Å². The third-order valence-electron chi connectivity index (χ3n) is 1.60. The molecule has 80 valence electrons. The van der Waals surface area contributed by atoms with E-state index in [9.17, 15) is 4.91 Å². The van der Waals surface area contributed by atoms with Crippen molar-refractivity contribution in [3.63, 3.8) is 0 Å². The normalized spacial score (nSPS) is 11.2. The summed E-state index contributed by atoms with van der Waals surface area (Å²) < 4.78 is 0. The smallest absolute Gasteiger partial charge is 0.195 e. The molecular formula is C7H8ClN5O2. The van der Waals surface area contributed by atoms with Crippen molar-refractivity contribution in [3.05, 3.63) is 23.0 Å². The first-order chi connectivity index (χ1) is 7.22. The van der Waals surface area contributed by atoms with Crippen molar-refractivity contribution in [1.29, 1.82) is 0 Å². The number of hydrogen-bond donors (Lipinski definition) is 1. The summed E-state index contributed by atoms with van der Waals surface area (Å²) in [5.41, 5.74) is 0.213. The number of nitrogens with zero attached hydrogens (tertiary/aromatic N) is 5. The highest BCUT2D eigenvalue weighted by Gasteiger charge is 2.08. The zero-order chi connectivity index (χ0) is 11.3. The highest BCUT2D eigenvalue weighted by atomic mass is 35.5. The highest BCUT2D eigenvalue weighted by Crippen LogP contribution is 2.09. The molecule has 0 amide bonds. The lowest BCUT2D eigenvalue weighted by atomic mass is 10.5. The number of aromatic nitrogens is 2. The van der Waals surface area contributed by atoms with Crippen molar-refractivity contribution in [2.24, 2.45) is 10.4 Å². The highest BCUT2D eigenvalue weighted by molar-refractivity contribution is 6.69. The molecule has 0 saturated heterocycles. The van der Waals surface area contributed by atoms with Gasteiger partial charge in [0.15, 0.2) is 11.0 Å². The molecule has 1 rings (SSSR count). The Labute approximate surface area is 90.3 Å². The average molecular weight is 230 g/mol. The minimum absolute atomic E-state index is 0.170. The third-order valence-corrected chi connectivity index (χ3v) is 1.87. The van der Waals surface area contributed by atoms with Crippen LogP contribution in [0.1, 0.15) is 12.6 Å². The SMILES string of the molecule is CCN(N=O)c1cnc(/C(Cl)=N/O)cn1. The first-order valence-electron chi connectivity index (χ1n) is 4.03. The Bertz CT molecular complexity index is 366. The molecule has 1 aromatic heterocycles. The van der Waals surface area contributed by atoms with E-state index in [0.717, 1.165) is 5.01 Å². The maximum Gasteiger partial charge on any atom is 0.195 e. The Kier molecular flexibility index (Phi) is 3.92. The fourth-order valence-corrected chi connectivity index (χ4v) is 0.971. The zero-order valence-corrected chi connectivity index (χ0v) is 8.59. The predicted molar refractivity (Wildman–Crippen MR) is 55.0 cm³/mol. The Hall–Kier alpha value is -1.76. The number of nitroso groups, excluding NO2 is 1. The molecule has 0 fully saturated rings. The molecule has 7 nitrogen and oxygen atoms in total. The fraction of sp³-hybridized carbons (Fsp3) is 0.286. The summed E-state index contributed by atoms with van der Waals surface area (Å²) in [5, 5.41) is 14.8. The van der Waals surface area contributed by atoms with Gasteiger partial charge < -0.3 is 5.21 Å². The maximum absolute atomic E-state index is 10.3. The number of rotatable bonds is 4. The van der Waals surface area contributed by atoms with Crippen LogP contribution in [0.5, 0.6) is 0 Å². The zero-order valence-electron chi connectivity index (χ0n) is 7.83. The molecule has 0 atom stereocenters. The number of oxime groups is 1. The molecule has 0 aliphatic rings. The summed E-state index contributed by atoms with van der Waals surface area (Å²) in [7, 11) is 0. The average Bonchev–Trinajstić information content (AvgIpc) is 2.30. The van der Waals surface area contributed by atoms with E-state index in [1.54, 1.807) is 6.92 Å². The second-order valence-corrected chi connectivity index (χ2v) is 2.81. The van der Waals surface area contributed by atoms with Gasteiger partial charge in [0.1, 0.15) is 5.69 Å². The van der Waals surface area contributed by atoms with E-state index in [-0.39, 0.29) is 10.9 Å². The van der Waals surface area contributed by atoms with E-state index in [1.807, 2.05) is 0 Å². The minimum Gasteiger partial charge on any atom is -0.410 e. The fourth-order valence-electron chi connectivity index (χ4n) is 0.874. The van der Waals surface area contributed by atoms with E-state index < -0.39 is 0 Å². The van der Waals surface area contributed by atoms with Gasteiger partial charge in [-0.05, 0) is 6.92 Å². The van der Waals surface area contributed by atoms with E-state index >= 15 is 0 Å². The van der Waals surface area contributed by atoms with Crippen LogP contribution >= 0.6 is 11.6 Å². The van der Waals surface area contributed by atoms with Crippen molar-refractivity contribution in [2.75, 3.05) is 11.6 Å². The van der Waals surface area contributed by atoms with Crippen LogP contribution in [0.2, 0.25) is 0 Å². The van der Waals surface area contributed by atoms with E-state index in [4.69, 9.17) is 16.8 Å². The van der Waals surface area contributed by atoms with Crippen LogP contribution in [0.25, 0.3) is 0 Å². The van der Waals surface area contributed by atoms with Gasteiger partial charge in [0.05, 0.1) is 17.7 Å². The molecule has 0 aromatic carbocycles. The van der Waals surface area contributed by atoms with Gasteiger partial charge in [-0.25, -0.2) is 15.0 Å². The van der Waals surface area contributed by atoms with E-state index in [0.29, 0.717) is 12.4 Å². The molecule has 0 bridgehead atoms. The van der Waals surface area contributed by atoms with E-state index in [1.165, 1.54) is 12.4 Å². The van der Waals surface area contributed by atoms with Crippen molar-refractivity contribution in [3.8, 4) is 0 Å². The predicted octanol–water partition coefficient (Wildman–Crippen LogP) is 1.36. The van der Waals surface area contributed by atoms with Gasteiger partial charge in [-0.15, -0.1) is 4.91 Å². The molecular weight excluding hydrogens is 222 g/mol. The van der Waals surface area contributed by atoms with Gasteiger partial charge in [-0.3, -0.25) is 0 Å². The van der Waals surface area contributed by atoms with Gasteiger partial charge >= 0.3 is 0 Å². The minimum atomic E-state index is -0.170. The topological polar surface area (TPSA) is 91.0 Å². The van der Waals surface area contributed by atoms with Crippen molar-refractivity contribution >= 4 is 22.6 Å². The molecule has 0 aliphatic carbocycles. The summed E-state index contributed by atoms with van der Waals surface area (Å²) in [6.07, 6.45) is 2.60. The molecule has 1 heterocycles. The van der Waals surface area contributed by atoms with Gasteiger partial charge in [0.2, 0.25) is 0 Å². The summed E-state index contributed by atoms with van der Waals surface area (Å²) in [4.78, 5) is 18.1. The van der Waals surface area contributed by atoms with E-state index in [2.05, 4.69) is 20.4 Å². The number of halogens is 1. The molecule has 0 saturated carbocycles. The second kappa shape index (κ2) is 5.20. The first kappa shape index (κ1) is 11.3. The van der Waals surface area contributed by atoms with Gasteiger partial charge in [0.25, 0.3) is 0 Å². The van der Waals surface area contributed by atoms with Crippen LogP contribution in [0.3, 0.4) is 0 Å². The van der Waals surface area contributed by atoms with Crippen molar-refractivity contribution < 1.29 is 5.21 Å². The number of hydrogen-bond acceptors (Lipinski definition) is 6. The molecule has 1 N–H and O–H groups in total. The molecule has 0 aliphatic heterocycles. The van der Waals surface area contributed by atoms with Crippen molar-refractivity contribution in [2.45, 2.75) is 6.92 Å². The van der Waals surface area contributed by atoms with Crippen molar-refractivity contribution in [1.82, 2.24) is 9.97 Å². The summed E-state index contributed by atoms with van der Waals surface area (Å²) in [6, 6.07) is 0. The summed E-state index contributed by atoms with van der Waals surface area (Å²) >= 11 is 5.49. The lowest BCUT2D eigenvalue weighted by Gasteiger charge is -2.10. The molecule has 0 radical (unpaired) electrons. The lowest BCUT2D eigenvalue weighted by molar-refractivity contribution is 0.320. The van der Waals surface area contributed by atoms with Crippen LogP contribution in [-0.4, -0.2) is 26.9 Å². The molecule has 0 unspecified atom stereocenters. The van der Waals surface area contributed by atoms with Gasteiger partial charge in [0, 0.05) is 6.54 Å². The largest absolute Gasteiger partial charge is 0.410 e. The van der Waals surface area contributed by atoms with Crippen LogP contribution in [-0.2, 0) is 0 Å². The standard InChI is InChI=1S/C7H8ClN5O2/c1-2-13(12-15)6-4-9-5(3-10-6)7(8)11-14/h3-4,14H,2H2,1H3/b11-7-. The van der Waals surface area contributed by atoms with Crippen LogP contribution in [0.15, 0.2) is 22.8 Å². The molecule has 8 heteroatoms. The Morgan fingerprint density at radius 2 is 2.33 bits per heavy atom. The summed E-state index contributed by atoms with van der Waals surface area (Å²) in [6.45, 7) is 2.14. The van der Waals surface area contributed by atoms with Gasteiger partial charge in [-0.2, -0.15) is 0 Å². The molecule has 15 heavy (non-hydrogen) atoms. The molecule has 0 spiro atoms. The first-order valence-corrected chi connectivity index (χ1v) is 4.41. The third kappa shape index (κ3) is 2.59. The molecule has 1 aromatic rings. The lowest BCUT2D eigenvalue weighted by Crippen LogP contribution is -2.16.